The molecule has 1 aliphatic heterocycles. The van der Waals surface area contributed by atoms with E-state index in [0.29, 0.717) is 0 Å². The first kappa shape index (κ1) is 29.8. The van der Waals surface area contributed by atoms with Gasteiger partial charge in [0.1, 0.15) is 17.7 Å². The third kappa shape index (κ3) is 6.09. The van der Waals surface area contributed by atoms with Crippen LogP contribution in [0.4, 0.5) is 30.7 Å². The molecule has 2 aliphatic rings. The third-order valence-electron chi connectivity index (χ3n) is 7.50. The van der Waals surface area contributed by atoms with Crippen LogP contribution in [0.25, 0.3) is 11.3 Å². The van der Waals surface area contributed by atoms with Gasteiger partial charge in [-0.05, 0) is 54.5 Å². The lowest BCUT2D eigenvalue weighted by molar-refractivity contribution is -0.145. The van der Waals surface area contributed by atoms with Crippen LogP contribution in [0.2, 0.25) is 0 Å². The van der Waals surface area contributed by atoms with Gasteiger partial charge in [0.05, 0.1) is 16.8 Å². The van der Waals surface area contributed by atoms with Gasteiger partial charge in [0.15, 0.2) is 0 Å². The number of piperidine rings is 1. The van der Waals surface area contributed by atoms with E-state index in [1.807, 2.05) is 0 Å². The van der Waals surface area contributed by atoms with Crippen LogP contribution in [0.5, 0.6) is 0 Å². The Labute approximate surface area is 235 Å². The van der Waals surface area contributed by atoms with Gasteiger partial charge < -0.3 is 5.32 Å². The second-order valence-corrected chi connectivity index (χ2v) is 12.0. The lowest BCUT2D eigenvalue weighted by Crippen LogP contribution is -2.52. The molecule has 42 heavy (non-hydrogen) atoms. The van der Waals surface area contributed by atoms with Gasteiger partial charge >= 0.3 is 6.18 Å². The topological polar surface area (TPSA) is 105 Å². The Morgan fingerprint density at radius 2 is 1.69 bits per heavy atom. The average molecular weight is 618 g/mol. The first-order valence-corrected chi connectivity index (χ1v) is 14.1. The molecule has 0 bridgehead atoms. The summed E-state index contributed by atoms with van der Waals surface area (Å²) in [5.41, 5.74) is -0.0515. The number of sulfonamides is 1. The van der Waals surface area contributed by atoms with E-state index in [2.05, 4.69) is 20.3 Å². The van der Waals surface area contributed by atoms with Crippen LogP contribution in [0.15, 0.2) is 53.8 Å². The quantitative estimate of drug-likeness (QED) is 0.375. The number of benzene rings is 1. The zero-order valence-electron chi connectivity index (χ0n) is 21.4. The number of hydrogen-bond acceptors (Lipinski definition) is 6. The van der Waals surface area contributed by atoms with E-state index in [1.54, 1.807) is 0 Å². The van der Waals surface area contributed by atoms with Gasteiger partial charge in [0.2, 0.25) is 28.2 Å². The monoisotopic (exact) mass is 617 g/mol. The molecular weight excluding hydrogens is 595 g/mol. The maximum Gasteiger partial charge on any atom is 0.451 e. The van der Waals surface area contributed by atoms with Crippen molar-refractivity contribution in [2.75, 3.05) is 6.54 Å². The molecule has 3 unspecified atom stereocenters. The number of halogens is 7. The molecule has 3 aromatic rings. The van der Waals surface area contributed by atoms with Crippen LogP contribution < -0.4 is 5.32 Å². The van der Waals surface area contributed by atoms with Crippen LogP contribution >= 0.6 is 0 Å². The predicted octanol–water partition coefficient (Wildman–Crippen LogP) is 4.43. The summed E-state index contributed by atoms with van der Waals surface area (Å²) in [6.07, 6.45) is -5.32. The van der Waals surface area contributed by atoms with Crippen molar-refractivity contribution >= 4 is 15.9 Å². The fourth-order valence-electron chi connectivity index (χ4n) is 5.34. The van der Waals surface area contributed by atoms with E-state index in [9.17, 15) is 43.9 Å². The molecule has 2 fully saturated rings. The summed E-state index contributed by atoms with van der Waals surface area (Å²) in [5, 5.41) is 2.47. The van der Waals surface area contributed by atoms with E-state index < -0.39 is 70.9 Å². The molecule has 0 spiro atoms. The summed E-state index contributed by atoms with van der Waals surface area (Å²) in [5.74, 6) is -4.87. The average Bonchev–Trinajstić information content (AvgIpc) is 3.61. The lowest BCUT2D eigenvalue weighted by atomic mass is 10.0. The van der Waals surface area contributed by atoms with Crippen molar-refractivity contribution in [3.63, 3.8) is 0 Å². The molecule has 5 rings (SSSR count). The minimum atomic E-state index is -4.76. The molecule has 3 heterocycles. The summed E-state index contributed by atoms with van der Waals surface area (Å²) in [6.45, 7) is -0.640. The van der Waals surface area contributed by atoms with Crippen molar-refractivity contribution < 1.29 is 43.9 Å². The minimum Gasteiger partial charge on any atom is -0.351 e. The summed E-state index contributed by atoms with van der Waals surface area (Å²) < 4.78 is 120. The number of rotatable bonds is 8. The highest BCUT2D eigenvalue weighted by Gasteiger charge is 2.58. The highest BCUT2D eigenvalue weighted by molar-refractivity contribution is 7.89. The molecule has 1 N–H and O–H groups in total. The second kappa shape index (κ2) is 11.2. The molecule has 1 aromatic carbocycles. The van der Waals surface area contributed by atoms with Crippen LogP contribution in [0.1, 0.15) is 24.2 Å². The number of alkyl halides is 5. The van der Waals surface area contributed by atoms with Crippen LogP contribution in [0, 0.1) is 29.4 Å². The smallest absolute Gasteiger partial charge is 0.351 e. The predicted molar refractivity (Wildman–Crippen MR) is 132 cm³/mol. The third-order valence-corrected chi connectivity index (χ3v) is 9.39. The van der Waals surface area contributed by atoms with Gasteiger partial charge in [0, 0.05) is 43.0 Å². The van der Waals surface area contributed by atoms with Crippen molar-refractivity contribution in [1.82, 2.24) is 24.6 Å². The van der Waals surface area contributed by atoms with Crippen molar-refractivity contribution in [1.29, 1.82) is 0 Å². The Morgan fingerprint density at radius 3 is 2.31 bits per heavy atom. The Kier molecular flexibility index (Phi) is 7.96. The molecular formula is C26H22F7N5O3S. The Balaban J connectivity index is 1.35. The van der Waals surface area contributed by atoms with E-state index in [-0.39, 0.29) is 46.5 Å². The zero-order chi connectivity index (χ0) is 30.4. The van der Waals surface area contributed by atoms with E-state index >= 15 is 0 Å². The molecule has 8 nitrogen and oxygen atoms in total. The number of carbonyl (C=O) groups excluding carboxylic acids is 1. The molecule has 2 aromatic heterocycles. The fourth-order valence-corrected chi connectivity index (χ4v) is 6.97. The minimum absolute atomic E-state index is 0.0169. The fraction of sp³-hybridized carbons (Fsp3) is 0.385. The number of amides is 1. The summed E-state index contributed by atoms with van der Waals surface area (Å²) in [6, 6.07) is 3.82. The molecule has 224 valence electrons. The maximum absolute atomic E-state index is 14.6. The van der Waals surface area contributed by atoms with Crippen molar-refractivity contribution in [2.24, 2.45) is 17.8 Å². The number of pyridine rings is 1. The second-order valence-electron chi connectivity index (χ2n) is 10.1. The van der Waals surface area contributed by atoms with Crippen LogP contribution in [0.3, 0.4) is 0 Å². The standard InChI is InChI=1S/C26H22F7N5O3S/c27-15-1-3-16(4-2-15)42(40,41)38-12-19-17(18(19)7-23(29)30)6-22(38)24(39)35-8-13-5-21(34-11-20(13)28)14-9-36-25(37-10-14)26(31,32)33/h1-5,9-11,17-19,22-23H,6-8,12H2,(H,35,39)/t17?,18?,19?,22-/m0/s1. The van der Waals surface area contributed by atoms with Gasteiger partial charge in [-0.3, -0.25) is 9.78 Å². The lowest BCUT2D eigenvalue weighted by Gasteiger charge is -2.33. The first-order chi connectivity index (χ1) is 19.8. The zero-order valence-corrected chi connectivity index (χ0v) is 22.2. The number of fused-ring (bicyclic) bond motifs is 1. The number of carbonyl (C=O) groups is 1. The van der Waals surface area contributed by atoms with Gasteiger partial charge in [-0.25, -0.2) is 35.9 Å². The van der Waals surface area contributed by atoms with Crippen molar-refractivity contribution in [3.8, 4) is 11.3 Å². The number of nitrogens with one attached hydrogen (secondary N) is 1. The molecule has 1 aliphatic carbocycles. The SMILES string of the molecule is O=C(NCc1cc(-c2cnc(C(F)(F)F)nc2)ncc1F)[C@@H]1CC2C(CC(F)F)C2CN1S(=O)(=O)c1ccc(F)cc1. The molecule has 1 amide bonds. The Hall–Kier alpha value is -3.66. The largest absolute Gasteiger partial charge is 0.451 e. The highest BCUT2D eigenvalue weighted by atomic mass is 32.2. The molecule has 1 saturated carbocycles. The summed E-state index contributed by atoms with van der Waals surface area (Å²) >= 11 is 0. The highest BCUT2D eigenvalue weighted by Crippen LogP contribution is 2.56. The van der Waals surface area contributed by atoms with Gasteiger partial charge in [-0.1, -0.05) is 0 Å². The van der Waals surface area contributed by atoms with Crippen molar-refractivity contribution in [3.05, 3.63) is 71.9 Å². The van der Waals surface area contributed by atoms with Gasteiger partial charge in [0.25, 0.3) is 0 Å². The van der Waals surface area contributed by atoms with Crippen molar-refractivity contribution in [2.45, 2.75) is 42.9 Å². The summed E-state index contributed by atoms with van der Waals surface area (Å²) in [4.78, 5) is 23.3. The molecule has 1 saturated heterocycles. The van der Waals surface area contributed by atoms with Crippen LogP contribution in [-0.4, -0.2) is 52.6 Å². The van der Waals surface area contributed by atoms with E-state index in [1.165, 1.54) is 6.07 Å². The Bertz CT molecular complexity index is 1570. The molecule has 0 radical (unpaired) electrons. The number of aromatic nitrogens is 3. The first-order valence-electron chi connectivity index (χ1n) is 12.6. The van der Waals surface area contributed by atoms with Gasteiger partial charge in [-0.2, -0.15) is 17.5 Å². The van der Waals surface area contributed by atoms with E-state index in [4.69, 9.17) is 0 Å². The summed E-state index contributed by atoms with van der Waals surface area (Å²) in [7, 11) is -4.34. The number of nitrogens with zero attached hydrogens (tertiary/aromatic N) is 4. The molecule has 16 heteroatoms. The normalized spacial score (nSPS) is 22.6. The number of hydrogen-bond donors (Lipinski definition) is 1. The van der Waals surface area contributed by atoms with E-state index in [0.717, 1.165) is 47.2 Å². The van der Waals surface area contributed by atoms with Crippen LogP contribution in [-0.2, 0) is 27.5 Å². The van der Waals surface area contributed by atoms with Gasteiger partial charge in [-0.15, -0.1) is 0 Å². The maximum atomic E-state index is 14.6. The Morgan fingerprint density at radius 1 is 1.02 bits per heavy atom. The molecule has 4 atom stereocenters.